The number of carbonyl (C=O) groups is 2. The summed E-state index contributed by atoms with van der Waals surface area (Å²) in [6.45, 7) is 4.57. The lowest BCUT2D eigenvalue weighted by Crippen LogP contribution is -2.32. The van der Waals surface area contributed by atoms with Gasteiger partial charge in [-0.15, -0.1) is 0 Å². The molecule has 0 heterocycles. The minimum atomic E-state index is -0.785. The molecule has 0 aliphatic heterocycles. The highest BCUT2D eigenvalue weighted by Gasteiger charge is 2.40. The van der Waals surface area contributed by atoms with Gasteiger partial charge < -0.3 is 18.9 Å². The van der Waals surface area contributed by atoms with Crippen molar-refractivity contribution in [2.45, 2.75) is 199 Å². The van der Waals surface area contributed by atoms with E-state index < -0.39 is 17.7 Å². The number of rotatable bonds is 36. The van der Waals surface area contributed by atoms with E-state index in [1.54, 1.807) is 12.1 Å². The number of unbranched alkanes of at least 4 members (excludes halogenated alkanes) is 24. The van der Waals surface area contributed by atoms with E-state index in [4.69, 9.17) is 18.9 Å². The average Bonchev–Trinajstić information content (AvgIpc) is 3.15. The average molecular weight is 1090 g/mol. The number of hydrogen-bond acceptors (Lipinski definition) is 6. The van der Waals surface area contributed by atoms with Crippen molar-refractivity contribution in [1.82, 2.24) is 0 Å². The van der Waals surface area contributed by atoms with Gasteiger partial charge >= 0.3 is 12.3 Å². The van der Waals surface area contributed by atoms with Gasteiger partial charge in [0.2, 0.25) is 0 Å². The van der Waals surface area contributed by atoms with Crippen LogP contribution in [-0.2, 0) is 18.3 Å². The maximum atomic E-state index is 12.8. The summed E-state index contributed by atoms with van der Waals surface area (Å²) in [4.78, 5) is 25.4. The van der Waals surface area contributed by atoms with Gasteiger partial charge in [-0.25, -0.2) is 9.59 Å². The van der Waals surface area contributed by atoms with Crippen LogP contribution in [0.25, 0.3) is 0 Å². The van der Waals surface area contributed by atoms with E-state index in [0.717, 1.165) is 35.1 Å². The minimum Gasteiger partial charge on any atom is -0.395 e. The monoisotopic (exact) mass is 1090 g/mol. The molecule has 0 fully saturated rings. The van der Waals surface area contributed by atoms with E-state index in [0.29, 0.717) is 23.0 Å². The van der Waals surface area contributed by atoms with E-state index in [-0.39, 0.29) is 0 Å². The van der Waals surface area contributed by atoms with Crippen molar-refractivity contribution in [3.05, 3.63) is 228 Å². The largest absolute Gasteiger partial charge is 0.519 e. The first-order valence-corrected chi connectivity index (χ1v) is 31.3. The highest BCUT2D eigenvalue weighted by atomic mass is 16.7. The van der Waals surface area contributed by atoms with Crippen molar-refractivity contribution < 1.29 is 28.5 Å². The zero-order valence-corrected chi connectivity index (χ0v) is 49.2. The Bertz CT molecular complexity index is 2560. The molecule has 0 radical (unpaired) electrons. The van der Waals surface area contributed by atoms with Crippen molar-refractivity contribution in [3.8, 4) is 23.0 Å². The summed E-state index contributed by atoms with van der Waals surface area (Å²) < 4.78 is 22.4. The van der Waals surface area contributed by atoms with Crippen LogP contribution in [0.3, 0.4) is 0 Å². The molecule has 6 heteroatoms. The molecule has 0 aliphatic carbocycles. The molecule has 7 rings (SSSR count). The third kappa shape index (κ3) is 23.2. The first-order valence-electron chi connectivity index (χ1n) is 31.3. The fourth-order valence-electron chi connectivity index (χ4n) is 11.0. The van der Waals surface area contributed by atoms with E-state index in [1.807, 2.05) is 133 Å². The third-order valence-corrected chi connectivity index (χ3v) is 15.4. The zero-order chi connectivity index (χ0) is 56.7. The number of aryl methyl sites for hydroxylation is 2. The summed E-state index contributed by atoms with van der Waals surface area (Å²) in [5.74, 6) is 1.97. The van der Waals surface area contributed by atoms with Gasteiger partial charge in [-0.1, -0.05) is 320 Å². The van der Waals surface area contributed by atoms with Crippen molar-refractivity contribution in [2.24, 2.45) is 0 Å². The predicted octanol–water partition coefficient (Wildman–Crippen LogP) is 22.2. The maximum absolute atomic E-state index is 12.8. The van der Waals surface area contributed by atoms with Crippen molar-refractivity contribution in [3.63, 3.8) is 0 Å². The molecule has 7 aromatic carbocycles. The quantitative estimate of drug-likeness (QED) is 0.0169. The lowest BCUT2D eigenvalue weighted by atomic mass is 9.65. The van der Waals surface area contributed by atoms with E-state index in [2.05, 4.69) is 62.4 Å². The Kier molecular flexibility index (Phi) is 30.2. The summed E-state index contributed by atoms with van der Waals surface area (Å²) in [6.07, 6.45) is 36.0. The molecular formula is C75H94O6. The van der Waals surface area contributed by atoms with Crippen LogP contribution in [0, 0.1) is 0 Å². The molecule has 7 aromatic rings. The first kappa shape index (κ1) is 63.3. The number of benzene rings is 7. The minimum absolute atomic E-state index is 0.426. The van der Waals surface area contributed by atoms with Gasteiger partial charge in [0.1, 0.15) is 23.0 Å². The van der Waals surface area contributed by atoms with Crippen LogP contribution in [0.5, 0.6) is 23.0 Å². The second-order valence-electron chi connectivity index (χ2n) is 21.8. The molecule has 430 valence electrons. The van der Waals surface area contributed by atoms with E-state index in [9.17, 15) is 9.59 Å². The standard InChI is InChI=1S/C43H70O3.C32H24O3/c1-3-5-7-9-11-13-15-17-19-21-23-25-27-31-39-33-29-35-41(37-39)45-43(44)46-42-36-30-34-40(38-42)32-28-26-24-22-20-18-16-14-12-10-8-6-4-2;33-31(34-28-21-11-4-12-22-28)35-30-24-14-13-23-29(30)32(25-15-5-1-6-16-25,26-17-7-2-8-18-26)27-19-9-3-10-20-27/h29-30,33-38H,3-28,31-32H2,1-2H3;1-24H. The summed E-state index contributed by atoms with van der Waals surface area (Å²) in [5.41, 5.74) is 5.72. The molecule has 0 amide bonds. The van der Waals surface area contributed by atoms with Crippen LogP contribution in [0.1, 0.15) is 214 Å². The van der Waals surface area contributed by atoms with Gasteiger partial charge in [0, 0.05) is 5.56 Å². The molecule has 0 saturated heterocycles. The smallest absolute Gasteiger partial charge is 0.395 e. The van der Waals surface area contributed by atoms with Gasteiger partial charge in [-0.3, -0.25) is 0 Å². The normalized spacial score (nSPS) is 11.1. The SMILES string of the molecule is CCCCCCCCCCCCCCCc1cccc(OC(=O)Oc2cccc(CCCCCCCCCCCCCCC)c2)c1.O=C(Oc1ccccc1)Oc1ccccc1C(c1ccccc1)(c1ccccc1)c1ccccc1. The zero-order valence-electron chi connectivity index (χ0n) is 49.2. The lowest BCUT2D eigenvalue weighted by molar-refractivity contribution is 0.150. The van der Waals surface area contributed by atoms with Crippen LogP contribution in [-0.4, -0.2) is 12.3 Å². The number of ether oxygens (including phenoxy) is 4. The lowest BCUT2D eigenvalue weighted by Gasteiger charge is -2.37. The fourth-order valence-corrected chi connectivity index (χ4v) is 11.0. The molecule has 0 bridgehead atoms. The maximum Gasteiger partial charge on any atom is 0.519 e. The van der Waals surface area contributed by atoms with Crippen molar-refractivity contribution in [2.75, 3.05) is 0 Å². The molecule has 0 N–H and O–H groups in total. The molecular weight excluding hydrogens is 997 g/mol. The van der Waals surface area contributed by atoms with Crippen LogP contribution in [0.2, 0.25) is 0 Å². The van der Waals surface area contributed by atoms with Crippen LogP contribution in [0.15, 0.2) is 194 Å². The Labute approximate surface area is 488 Å². The van der Waals surface area contributed by atoms with Gasteiger partial charge in [0.05, 0.1) is 5.41 Å². The summed E-state index contributed by atoms with van der Waals surface area (Å²) >= 11 is 0. The van der Waals surface area contributed by atoms with Gasteiger partial charge in [0.15, 0.2) is 0 Å². The molecule has 6 nitrogen and oxygen atoms in total. The third-order valence-electron chi connectivity index (χ3n) is 15.4. The van der Waals surface area contributed by atoms with Gasteiger partial charge in [-0.05, 0) is 96.0 Å². The molecule has 0 spiro atoms. The summed E-state index contributed by atoms with van der Waals surface area (Å²) in [5, 5.41) is 0. The highest BCUT2D eigenvalue weighted by Crippen LogP contribution is 2.48. The summed E-state index contributed by atoms with van der Waals surface area (Å²) in [7, 11) is 0. The fraction of sp³-hybridized carbons (Fsp3) is 0.413. The Morgan fingerprint density at radius 3 is 0.975 bits per heavy atom. The second kappa shape index (κ2) is 38.7. The van der Waals surface area contributed by atoms with Crippen LogP contribution < -0.4 is 18.9 Å². The Hall–Kier alpha value is -6.92. The highest BCUT2D eigenvalue weighted by molar-refractivity contribution is 5.71. The number of carbonyl (C=O) groups excluding carboxylic acids is 2. The second-order valence-corrected chi connectivity index (χ2v) is 21.8. The molecule has 81 heavy (non-hydrogen) atoms. The topological polar surface area (TPSA) is 71.1 Å². The molecule has 0 aliphatic rings. The molecule has 0 saturated carbocycles. The van der Waals surface area contributed by atoms with Gasteiger partial charge in [-0.2, -0.15) is 0 Å². The Morgan fingerprint density at radius 2 is 0.593 bits per heavy atom. The van der Waals surface area contributed by atoms with Gasteiger partial charge in [0.25, 0.3) is 0 Å². The van der Waals surface area contributed by atoms with Crippen molar-refractivity contribution in [1.29, 1.82) is 0 Å². The van der Waals surface area contributed by atoms with Crippen molar-refractivity contribution >= 4 is 12.3 Å². The number of hydrogen-bond donors (Lipinski definition) is 0. The van der Waals surface area contributed by atoms with E-state index in [1.165, 1.54) is 178 Å². The Balaban J connectivity index is 0.000000269. The molecule has 0 aromatic heterocycles. The summed E-state index contributed by atoms with van der Waals surface area (Å²) in [6, 6.07) is 63.2. The van der Waals surface area contributed by atoms with Crippen LogP contribution >= 0.6 is 0 Å². The number of para-hydroxylation sites is 2. The molecule has 0 atom stereocenters. The van der Waals surface area contributed by atoms with E-state index >= 15 is 0 Å². The first-order chi connectivity index (χ1) is 40.0. The predicted molar refractivity (Wildman–Crippen MR) is 336 cm³/mol. The van der Waals surface area contributed by atoms with Crippen LogP contribution in [0.4, 0.5) is 9.59 Å². The Morgan fingerprint density at radius 1 is 0.296 bits per heavy atom. The molecule has 0 unspecified atom stereocenters.